The Labute approximate surface area is 111 Å². The monoisotopic (exact) mass is 266 g/mol. The van der Waals surface area contributed by atoms with Crippen molar-refractivity contribution in [2.45, 2.75) is 6.42 Å². The predicted octanol–water partition coefficient (Wildman–Crippen LogP) is 4.20. The van der Waals surface area contributed by atoms with Crippen molar-refractivity contribution < 1.29 is 5.11 Å². The number of aliphatic hydroxyl groups is 1. The number of rotatable bonds is 3. The number of hydrogen-bond donors (Lipinski definition) is 1. The zero-order chi connectivity index (χ0) is 12.3. The molecule has 2 rings (SSSR count). The van der Waals surface area contributed by atoms with E-state index in [4.69, 9.17) is 28.3 Å². The second-order valence-corrected chi connectivity index (χ2v) is 4.64. The third-order valence-electron chi connectivity index (χ3n) is 2.57. The number of benzene rings is 2. The van der Waals surface area contributed by atoms with Gasteiger partial charge in [0.1, 0.15) is 0 Å². The Bertz CT molecular complexity index is 523. The average Bonchev–Trinajstić information content (AvgIpc) is 2.32. The molecule has 17 heavy (non-hydrogen) atoms. The molecule has 0 amide bonds. The fourth-order valence-electron chi connectivity index (χ4n) is 1.73. The van der Waals surface area contributed by atoms with Crippen LogP contribution in [0.4, 0.5) is 0 Å². The third-order valence-corrected chi connectivity index (χ3v) is 3.13. The highest BCUT2D eigenvalue weighted by Gasteiger charge is 2.05. The Morgan fingerprint density at radius 2 is 1.82 bits per heavy atom. The van der Waals surface area contributed by atoms with E-state index < -0.39 is 0 Å². The molecule has 0 saturated carbocycles. The summed E-state index contributed by atoms with van der Waals surface area (Å²) in [6, 6.07) is 13.3. The molecule has 0 aliphatic heterocycles. The van der Waals surface area contributed by atoms with Gasteiger partial charge in [-0.15, -0.1) is 0 Å². The van der Waals surface area contributed by atoms with E-state index in [-0.39, 0.29) is 6.61 Å². The minimum Gasteiger partial charge on any atom is -0.396 e. The van der Waals surface area contributed by atoms with Crippen molar-refractivity contribution in [2.75, 3.05) is 6.61 Å². The molecule has 1 nitrogen and oxygen atoms in total. The molecule has 0 spiro atoms. The van der Waals surface area contributed by atoms with Gasteiger partial charge in [-0.05, 0) is 41.8 Å². The summed E-state index contributed by atoms with van der Waals surface area (Å²) in [5, 5.41) is 10.3. The molecule has 0 heterocycles. The van der Waals surface area contributed by atoms with Crippen molar-refractivity contribution in [1.82, 2.24) is 0 Å². The quantitative estimate of drug-likeness (QED) is 0.883. The molecule has 1 N–H and O–H groups in total. The maximum absolute atomic E-state index is 8.94. The van der Waals surface area contributed by atoms with Gasteiger partial charge in [-0.2, -0.15) is 0 Å². The highest BCUT2D eigenvalue weighted by atomic mass is 35.5. The highest BCUT2D eigenvalue weighted by Crippen LogP contribution is 2.30. The molecule has 0 bridgehead atoms. The zero-order valence-corrected chi connectivity index (χ0v) is 10.7. The Kier molecular flexibility index (Phi) is 4.06. The van der Waals surface area contributed by atoms with Gasteiger partial charge >= 0.3 is 0 Å². The Morgan fingerprint density at radius 1 is 1.00 bits per heavy atom. The molecule has 0 radical (unpaired) electrons. The van der Waals surface area contributed by atoms with Crippen LogP contribution < -0.4 is 0 Å². The molecule has 0 fully saturated rings. The topological polar surface area (TPSA) is 20.2 Å². The van der Waals surface area contributed by atoms with Crippen molar-refractivity contribution in [2.24, 2.45) is 0 Å². The van der Waals surface area contributed by atoms with Crippen LogP contribution in [-0.2, 0) is 6.42 Å². The molecule has 0 saturated heterocycles. The van der Waals surface area contributed by atoms with E-state index in [0.29, 0.717) is 16.5 Å². The van der Waals surface area contributed by atoms with E-state index in [1.807, 2.05) is 42.5 Å². The summed E-state index contributed by atoms with van der Waals surface area (Å²) in [6.07, 6.45) is 0.630. The second-order valence-electron chi connectivity index (χ2n) is 3.80. The Morgan fingerprint density at radius 3 is 2.53 bits per heavy atom. The first-order valence-corrected chi connectivity index (χ1v) is 6.11. The molecule has 0 aromatic heterocycles. The van der Waals surface area contributed by atoms with Crippen molar-refractivity contribution in [3.8, 4) is 11.1 Å². The van der Waals surface area contributed by atoms with Gasteiger partial charge in [0.2, 0.25) is 0 Å². The lowest BCUT2D eigenvalue weighted by atomic mass is 10.0. The predicted molar refractivity (Wildman–Crippen MR) is 72.7 cm³/mol. The smallest absolute Gasteiger partial charge is 0.0484 e. The van der Waals surface area contributed by atoms with Gasteiger partial charge in [0.25, 0.3) is 0 Å². The number of halogens is 2. The lowest BCUT2D eigenvalue weighted by molar-refractivity contribution is 0.299. The average molecular weight is 267 g/mol. The Hall–Kier alpha value is -1.02. The molecular formula is C14H12Cl2O. The summed E-state index contributed by atoms with van der Waals surface area (Å²) in [6.45, 7) is 0.136. The largest absolute Gasteiger partial charge is 0.396 e. The van der Waals surface area contributed by atoms with Gasteiger partial charge < -0.3 is 5.11 Å². The van der Waals surface area contributed by atoms with Gasteiger partial charge in [0, 0.05) is 22.2 Å². The normalized spacial score (nSPS) is 10.5. The minimum atomic E-state index is 0.136. The van der Waals surface area contributed by atoms with E-state index in [2.05, 4.69) is 0 Å². The molecule has 0 atom stereocenters. The lowest BCUT2D eigenvalue weighted by Crippen LogP contribution is -1.91. The standard InChI is InChI=1S/C14H12Cl2O/c15-12-3-1-2-11(9-12)13-8-10(6-7-17)4-5-14(13)16/h1-5,8-9,17H,6-7H2. The molecule has 0 aliphatic carbocycles. The molecular weight excluding hydrogens is 255 g/mol. The molecule has 2 aromatic carbocycles. The summed E-state index contributed by atoms with van der Waals surface area (Å²) in [4.78, 5) is 0. The first-order valence-electron chi connectivity index (χ1n) is 5.36. The van der Waals surface area contributed by atoms with E-state index >= 15 is 0 Å². The molecule has 0 unspecified atom stereocenters. The van der Waals surface area contributed by atoms with E-state index in [9.17, 15) is 0 Å². The van der Waals surface area contributed by atoms with Crippen molar-refractivity contribution >= 4 is 23.2 Å². The van der Waals surface area contributed by atoms with Gasteiger partial charge in [-0.1, -0.05) is 41.4 Å². The third kappa shape index (κ3) is 3.01. The molecule has 0 aliphatic rings. The summed E-state index contributed by atoms with van der Waals surface area (Å²) in [5.41, 5.74) is 2.99. The van der Waals surface area contributed by atoms with Crippen molar-refractivity contribution in [1.29, 1.82) is 0 Å². The summed E-state index contributed by atoms with van der Waals surface area (Å²) in [5.74, 6) is 0. The summed E-state index contributed by atoms with van der Waals surface area (Å²) < 4.78 is 0. The van der Waals surface area contributed by atoms with E-state index in [1.165, 1.54) is 0 Å². The maximum Gasteiger partial charge on any atom is 0.0484 e. The molecule has 2 aromatic rings. The fourth-order valence-corrected chi connectivity index (χ4v) is 2.15. The maximum atomic E-state index is 8.94. The molecule has 3 heteroatoms. The first kappa shape index (κ1) is 12.4. The van der Waals surface area contributed by atoms with Crippen LogP contribution in [0.5, 0.6) is 0 Å². The Balaban J connectivity index is 2.46. The van der Waals surface area contributed by atoms with E-state index in [0.717, 1.165) is 16.7 Å². The van der Waals surface area contributed by atoms with Gasteiger partial charge in [-0.3, -0.25) is 0 Å². The first-order chi connectivity index (χ1) is 8.20. The summed E-state index contributed by atoms with van der Waals surface area (Å²) in [7, 11) is 0. The molecule has 88 valence electrons. The van der Waals surface area contributed by atoms with Gasteiger partial charge in [0.15, 0.2) is 0 Å². The van der Waals surface area contributed by atoms with Crippen molar-refractivity contribution in [3.05, 3.63) is 58.1 Å². The summed E-state index contributed by atoms with van der Waals surface area (Å²) >= 11 is 12.1. The van der Waals surface area contributed by atoms with Crippen LogP contribution in [0.15, 0.2) is 42.5 Å². The van der Waals surface area contributed by atoms with Crippen LogP contribution in [0.3, 0.4) is 0 Å². The highest BCUT2D eigenvalue weighted by molar-refractivity contribution is 6.33. The van der Waals surface area contributed by atoms with Gasteiger partial charge in [0.05, 0.1) is 0 Å². The lowest BCUT2D eigenvalue weighted by Gasteiger charge is -2.07. The van der Waals surface area contributed by atoms with Crippen molar-refractivity contribution in [3.63, 3.8) is 0 Å². The minimum absolute atomic E-state index is 0.136. The SMILES string of the molecule is OCCc1ccc(Cl)c(-c2cccc(Cl)c2)c1. The van der Waals surface area contributed by atoms with Crippen LogP contribution in [0.25, 0.3) is 11.1 Å². The van der Waals surface area contributed by atoms with Gasteiger partial charge in [-0.25, -0.2) is 0 Å². The van der Waals surface area contributed by atoms with Crippen LogP contribution in [-0.4, -0.2) is 11.7 Å². The number of aliphatic hydroxyl groups excluding tert-OH is 1. The fraction of sp³-hybridized carbons (Fsp3) is 0.143. The number of hydrogen-bond acceptors (Lipinski definition) is 1. The van der Waals surface area contributed by atoms with Crippen LogP contribution >= 0.6 is 23.2 Å². The van der Waals surface area contributed by atoms with Crippen LogP contribution in [0.1, 0.15) is 5.56 Å². The zero-order valence-electron chi connectivity index (χ0n) is 9.16. The second kappa shape index (κ2) is 5.54. The van der Waals surface area contributed by atoms with E-state index in [1.54, 1.807) is 0 Å². The van der Waals surface area contributed by atoms with Crippen LogP contribution in [0.2, 0.25) is 10.0 Å². The van der Waals surface area contributed by atoms with Crippen LogP contribution in [0, 0.1) is 0 Å².